The predicted molar refractivity (Wildman–Crippen MR) is 120 cm³/mol. The van der Waals surface area contributed by atoms with Gasteiger partial charge in [-0.1, -0.05) is 29.3 Å². The van der Waals surface area contributed by atoms with E-state index in [4.69, 9.17) is 32.7 Å². The molecule has 1 saturated heterocycles. The zero-order valence-electron chi connectivity index (χ0n) is 17.4. The molecule has 6 nitrogen and oxygen atoms in total. The van der Waals surface area contributed by atoms with E-state index < -0.39 is 17.7 Å². The minimum Gasteiger partial charge on any atom is -0.507 e. The Kier molecular flexibility index (Phi) is 7.26. The van der Waals surface area contributed by atoms with Gasteiger partial charge in [0.1, 0.15) is 11.5 Å². The van der Waals surface area contributed by atoms with E-state index in [0.717, 1.165) is 5.56 Å². The lowest BCUT2D eigenvalue weighted by atomic mass is 9.94. The lowest BCUT2D eigenvalue weighted by Crippen LogP contribution is -2.31. The third-order valence-corrected chi connectivity index (χ3v) is 5.78. The van der Waals surface area contributed by atoms with Gasteiger partial charge in [0.2, 0.25) is 0 Å². The second-order valence-corrected chi connectivity index (χ2v) is 8.03. The number of aryl methyl sites for hydroxylation is 1. The first kappa shape index (κ1) is 23.1. The molecule has 1 fully saturated rings. The Balaban J connectivity index is 2.17. The average molecular weight is 464 g/mol. The van der Waals surface area contributed by atoms with Gasteiger partial charge in [0.15, 0.2) is 0 Å². The molecule has 164 valence electrons. The van der Waals surface area contributed by atoms with Crippen molar-refractivity contribution in [1.29, 1.82) is 0 Å². The molecule has 0 spiro atoms. The van der Waals surface area contributed by atoms with Gasteiger partial charge in [-0.15, -0.1) is 0 Å². The van der Waals surface area contributed by atoms with Gasteiger partial charge in [-0.25, -0.2) is 0 Å². The third kappa shape index (κ3) is 4.56. The summed E-state index contributed by atoms with van der Waals surface area (Å²) in [5.74, 6) is -1.08. The smallest absolute Gasteiger partial charge is 0.295 e. The molecule has 8 heteroatoms. The fourth-order valence-corrected chi connectivity index (χ4v) is 4.23. The lowest BCUT2D eigenvalue weighted by molar-refractivity contribution is -0.140. The molecule has 1 N–H and O–H groups in total. The maximum atomic E-state index is 13.0. The van der Waals surface area contributed by atoms with Crippen LogP contribution in [0.3, 0.4) is 0 Å². The number of hydrogen-bond donors (Lipinski definition) is 1. The number of carbonyl (C=O) groups excluding carboxylic acids is 2. The summed E-state index contributed by atoms with van der Waals surface area (Å²) < 4.78 is 10.3. The highest BCUT2D eigenvalue weighted by atomic mass is 35.5. The standard InChI is InChI=1S/C23H23Cl2NO5/c1-13-11-14(5-8-18(13)31-3)21(27)19-20(16-7-6-15(24)12-17(16)25)26(9-4-10-30-2)23(29)22(19)28/h5-8,11-12,20,27H,4,9-10H2,1-3H3. The van der Waals surface area contributed by atoms with Gasteiger partial charge in [-0.2, -0.15) is 0 Å². The molecule has 3 rings (SSSR count). The maximum absolute atomic E-state index is 13.0. The predicted octanol–water partition coefficient (Wildman–Crippen LogP) is 4.77. The molecule has 0 aromatic heterocycles. The molecule has 1 aliphatic rings. The summed E-state index contributed by atoms with van der Waals surface area (Å²) in [4.78, 5) is 27.3. The van der Waals surface area contributed by atoms with Crippen LogP contribution in [0.1, 0.15) is 29.2 Å². The summed E-state index contributed by atoms with van der Waals surface area (Å²) >= 11 is 12.5. The number of halogens is 2. The van der Waals surface area contributed by atoms with Gasteiger partial charge in [0.05, 0.1) is 18.7 Å². The number of likely N-dealkylation sites (tertiary alicyclic amines) is 1. The van der Waals surface area contributed by atoms with Crippen LogP contribution in [0.2, 0.25) is 10.0 Å². The van der Waals surface area contributed by atoms with Crippen LogP contribution in [0.15, 0.2) is 42.0 Å². The monoisotopic (exact) mass is 463 g/mol. The van der Waals surface area contributed by atoms with Crippen molar-refractivity contribution in [3.8, 4) is 5.75 Å². The highest BCUT2D eigenvalue weighted by molar-refractivity contribution is 6.47. The quantitative estimate of drug-likeness (QED) is 0.277. The molecular weight excluding hydrogens is 441 g/mol. The number of amides is 1. The largest absolute Gasteiger partial charge is 0.507 e. The van der Waals surface area contributed by atoms with Gasteiger partial charge in [-0.05, 0) is 54.8 Å². The molecule has 31 heavy (non-hydrogen) atoms. The Morgan fingerprint density at radius 1 is 1.13 bits per heavy atom. The fourth-order valence-electron chi connectivity index (χ4n) is 3.72. The average Bonchev–Trinajstić information content (AvgIpc) is 2.98. The third-order valence-electron chi connectivity index (χ3n) is 5.21. The van der Waals surface area contributed by atoms with E-state index in [9.17, 15) is 14.7 Å². The van der Waals surface area contributed by atoms with Crippen molar-refractivity contribution < 1.29 is 24.2 Å². The zero-order chi connectivity index (χ0) is 22.7. The van der Waals surface area contributed by atoms with Crippen molar-refractivity contribution >= 4 is 40.7 Å². The molecule has 1 heterocycles. The molecule has 2 aromatic rings. The normalized spacial score (nSPS) is 18.0. The molecule has 0 saturated carbocycles. The Morgan fingerprint density at radius 2 is 1.87 bits per heavy atom. The van der Waals surface area contributed by atoms with Crippen molar-refractivity contribution in [2.45, 2.75) is 19.4 Å². The second-order valence-electron chi connectivity index (χ2n) is 7.19. The zero-order valence-corrected chi connectivity index (χ0v) is 19.0. The molecule has 0 bridgehead atoms. The highest BCUT2D eigenvalue weighted by Gasteiger charge is 2.46. The number of aliphatic hydroxyl groups excluding tert-OH is 1. The Hall–Kier alpha value is -2.54. The van der Waals surface area contributed by atoms with Crippen LogP contribution >= 0.6 is 23.2 Å². The number of rotatable bonds is 7. The van der Waals surface area contributed by atoms with E-state index in [1.165, 1.54) is 4.90 Å². The van der Waals surface area contributed by atoms with Gasteiger partial charge in [-0.3, -0.25) is 9.59 Å². The van der Waals surface area contributed by atoms with Crippen molar-refractivity contribution in [3.05, 3.63) is 68.7 Å². The van der Waals surface area contributed by atoms with Crippen LogP contribution in [0, 0.1) is 6.92 Å². The molecule has 1 amide bonds. The van der Waals surface area contributed by atoms with E-state index in [2.05, 4.69) is 0 Å². The molecule has 0 aliphatic carbocycles. The summed E-state index contributed by atoms with van der Waals surface area (Å²) in [5.41, 5.74) is 1.68. The van der Waals surface area contributed by atoms with Crippen LogP contribution in [0.4, 0.5) is 0 Å². The van der Waals surface area contributed by atoms with E-state index in [0.29, 0.717) is 39.9 Å². The summed E-state index contributed by atoms with van der Waals surface area (Å²) in [6.45, 7) is 2.51. The Bertz CT molecular complexity index is 1050. The van der Waals surface area contributed by atoms with Crippen LogP contribution in [-0.4, -0.2) is 49.1 Å². The number of carbonyl (C=O) groups is 2. The number of methoxy groups -OCH3 is 2. The number of benzene rings is 2. The number of Topliss-reactive ketones (excluding diaryl/α,β-unsaturated/α-hetero) is 1. The van der Waals surface area contributed by atoms with Crippen LogP contribution in [-0.2, 0) is 14.3 Å². The van der Waals surface area contributed by atoms with Crippen molar-refractivity contribution in [2.75, 3.05) is 27.4 Å². The summed E-state index contributed by atoms with van der Waals surface area (Å²) in [6, 6.07) is 9.04. The molecule has 1 unspecified atom stereocenters. The molecule has 1 atom stereocenters. The summed E-state index contributed by atoms with van der Waals surface area (Å²) in [6.07, 6.45) is 0.521. The second kappa shape index (κ2) is 9.73. The van der Waals surface area contributed by atoms with Crippen LogP contribution in [0.5, 0.6) is 5.75 Å². The van der Waals surface area contributed by atoms with Crippen LogP contribution in [0.25, 0.3) is 5.76 Å². The highest BCUT2D eigenvalue weighted by Crippen LogP contribution is 2.42. The van der Waals surface area contributed by atoms with E-state index in [1.54, 1.807) is 50.6 Å². The molecule has 2 aromatic carbocycles. The van der Waals surface area contributed by atoms with Gasteiger partial charge in [0.25, 0.3) is 11.7 Å². The van der Waals surface area contributed by atoms with E-state index in [1.807, 2.05) is 6.92 Å². The van der Waals surface area contributed by atoms with Crippen molar-refractivity contribution in [2.24, 2.45) is 0 Å². The summed E-state index contributed by atoms with van der Waals surface area (Å²) in [5, 5.41) is 11.8. The first-order chi connectivity index (χ1) is 14.8. The number of hydrogen-bond acceptors (Lipinski definition) is 5. The molecular formula is C23H23Cl2NO5. The number of ketones is 1. The SMILES string of the molecule is COCCCN1C(=O)C(=O)C(=C(O)c2ccc(OC)c(C)c2)C1c1ccc(Cl)cc1Cl. The van der Waals surface area contributed by atoms with Crippen molar-refractivity contribution in [1.82, 2.24) is 4.90 Å². The summed E-state index contributed by atoms with van der Waals surface area (Å²) in [7, 11) is 3.11. The first-order valence-electron chi connectivity index (χ1n) is 9.67. The maximum Gasteiger partial charge on any atom is 0.295 e. The minimum atomic E-state index is -0.843. The Labute approximate surface area is 191 Å². The fraction of sp³-hybridized carbons (Fsp3) is 0.304. The number of nitrogens with zero attached hydrogens (tertiary/aromatic N) is 1. The van der Waals surface area contributed by atoms with Gasteiger partial charge >= 0.3 is 0 Å². The lowest BCUT2D eigenvalue weighted by Gasteiger charge is -2.26. The first-order valence-corrected chi connectivity index (χ1v) is 10.4. The topological polar surface area (TPSA) is 76.1 Å². The van der Waals surface area contributed by atoms with Crippen LogP contribution < -0.4 is 4.74 Å². The number of aliphatic hydroxyl groups is 1. The minimum absolute atomic E-state index is 0.0174. The molecule has 1 aliphatic heterocycles. The number of ether oxygens (including phenoxy) is 2. The molecule has 0 radical (unpaired) electrons. The van der Waals surface area contributed by atoms with Crippen molar-refractivity contribution in [3.63, 3.8) is 0 Å². The Morgan fingerprint density at radius 3 is 2.48 bits per heavy atom. The van der Waals surface area contributed by atoms with E-state index in [-0.39, 0.29) is 17.9 Å². The van der Waals surface area contributed by atoms with Gasteiger partial charge < -0.3 is 19.5 Å². The van der Waals surface area contributed by atoms with E-state index >= 15 is 0 Å². The van der Waals surface area contributed by atoms with Gasteiger partial charge in [0, 0.05) is 35.9 Å².